The summed E-state index contributed by atoms with van der Waals surface area (Å²) in [6.45, 7) is 4.58. The SMILES string of the molecule is FC(F)(F)c1cc([C@@H]2CCCN(CCOC[C@@H]3CCCO3)C2)[nH]n1. The molecule has 1 aromatic heterocycles. The topological polar surface area (TPSA) is 50.4 Å². The molecule has 5 nitrogen and oxygen atoms in total. The number of piperidine rings is 1. The van der Waals surface area contributed by atoms with Gasteiger partial charge in [0.2, 0.25) is 0 Å². The number of likely N-dealkylation sites (tertiary alicyclic amines) is 1. The summed E-state index contributed by atoms with van der Waals surface area (Å²) < 4.78 is 49.2. The van der Waals surface area contributed by atoms with Gasteiger partial charge in [0.15, 0.2) is 5.69 Å². The maximum absolute atomic E-state index is 12.7. The second kappa shape index (κ2) is 7.84. The molecular weight excluding hydrogens is 323 g/mol. The lowest BCUT2D eigenvalue weighted by atomic mass is 9.94. The number of aromatic amines is 1. The molecule has 136 valence electrons. The van der Waals surface area contributed by atoms with Crippen LogP contribution in [0.3, 0.4) is 0 Å². The summed E-state index contributed by atoms with van der Waals surface area (Å²) in [6.07, 6.45) is -0.146. The zero-order valence-electron chi connectivity index (χ0n) is 13.6. The van der Waals surface area contributed by atoms with Crippen molar-refractivity contribution in [3.05, 3.63) is 17.5 Å². The number of H-pyrrole nitrogens is 1. The molecule has 2 aliphatic rings. The summed E-state index contributed by atoms with van der Waals surface area (Å²) >= 11 is 0. The van der Waals surface area contributed by atoms with Gasteiger partial charge in [0.25, 0.3) is 0 Å². The molecule has 8 heteroatoms. The van der Waals surface area contributed by atoms with Crippen LogP contribution in [0.15, 0.2) is 6.07 Å². The van der Waals surface area contributed by atoms with Gasteiger partial charge in [0, 0.05) is 31.3 Å². The molecule has 0 aromatic carbocycles. The molecule has 0 amide bonds. The monoisotopic (exact) mass is 347 g/mol. The van der Waals surface area contributed by atoms with Crippen LogP contribution in [0, 0.1) is 0 Å². The minimum absolute atomic E-state index is 0.0699. The summed E-state index contributed by atoms with van der Waals surface area (Å²) in [5, 5.41) is 5.96. The van der Waals surface area contributed by atoms with Gasteiger partial charge in [-0.05, 0) is 38.3 Å². The van der Waals surface area contributed by atoms with Gasteiger partial charge in [-0.15, -0.1) is 0 Å². The van der Waals surface area contributed by atoms with Crippen LogP contribution >= 0.6 is 0 Å². The van der Waals surface area contributed by atoms with Crippen LogP contribution in [0.5, 0.6) is 0 Å². The van der Waals surface area contributed by atoms with Gasteiger partial charge >= 0.3 is 6.18 Å². The lowest BCUT2D eigenvalue weighted by Gasteiger charge is -2.32. The zero-order valence-corrected chi connectivity index (χ0v) is 13.6. The van der Waals surface area contributed by atoms with Gasteiger partial charge in [-0.25, -0.2) is 0 Å². The predicted molar refractivity (Wildman–Crippen MR) is 81.8 cm³/mol. The molecule has 1 N–H and O–H groups in total. The lowest BCUT2D eigenvalue weighted by Crippen LogP contribution is -2.37. The number of aromatic nitrogens is 2. The fourth-order valence-electron chi connectivity index (χ4n) is 3.39. The van der Waals surface area contributed by atoms with Crippen LogP contribution in [-0.2, 0) is 15.7 Å². The van der Waals surface area contributed by atoms with E-state index in [0.29, 0.717) is 18.9 Å². The van der Waals surface area contributed by atoms with E-state index >= 15 is 0 Å². The Bertz CT molecular complexity index is 515. The van der Waals surface area contributed by atoms with Crippen LogP contribution in [0.25, 0.3) is 0 Å². The molecule has 0 bridgehead atoms. The standard InChI is InChI=1S/C16H24F3N3O2/c17-16(18,19)15-9-14(20-21-15)12-3-1-5-22(10-12)6-8-23-11-13-4-2-7-24-13/h9,12-13H,1-8,10-11H2,(H,20,21)/t12-,13+/m1/s1. The Hall–Kier alpha value is -1.12. The van der Waals surface area contributed by atoms with E-state index in [1.165, 1.54) is 0 Å². The Kier molecular flexibility index (Phi) is 5.78. The molecule has 0 radical (unpaired) electrons. The highest BCUT2D eigenvalue weighted by atomic mass is 19.4. The number of alkyl halides is 3. The number of halogens is 3. The third-order valence-electron chi connectivity index (χ3n) is 4.71. The molecule has 3 heterocycles. The van der Waals surface area contributed by atoms with Crippen molar-refractivity contribution in [3.63, 3.8) is 0 Å². The summed E-state index contributed by atoms with van der Waals surface area (Å²) in [5.74, 6) is 0.0699. The average molecular weight is 347 g/mol. The van der Waals surface area contributed by atoms with E-state index in [0.717, 1.165) is 58.0 Å². The second-order valence-electron chi connectivity index (χ2n) is 6.56. The van der Waals surface area contributed by atoms with Gasteiger partial charge < -0.3 is 14.4 Å². The van der Waals surface area contributed by atoms with Crippen molar-refractivity contribution in [2.45, 2.75) is 43.9 Å². The van der Waals surface area contributed by atoms with E-state index in [-0.39, 0.29) is 12.0 Å². The first-order chi connectivity index (χ1) is 11.5. The lowest BCUT2D eigenvalue weighted by molar-refractivity contribution is -0.141. The Morgan fingerprint density at radius 2 is 2.21 bits per heavy atom. The Labute approximate surface area is 139 Å². The summed E-state index contributed by atoms with van der Waals surface area (Å²) in [6, 6.07) is 1.14. The average Bonchev–Trinajstić information content (AvgIpc) is 3.23. The van der Waals surface area contributed by atoms with E-state index in [9.17, 15) is 13.2 Å². The number of nitrogens with one attached hydrogen (secondary N) is 1. The first kappa shape index (κ1) is 17.7. The van der Waals surface area contributed by atoms with Crippen molar-refractivity contribution < 1.29 is 22.6 Å². The second-order valence-corrected chi connectivity index (χ2v) is 6.56. The fourth-order valence-corrected chi connectivity index (χ4v) is 3.39. The third kappa shape index (κ3) is 4.70. The number of hydrogen-bond acceptors (Lipinski definition) is 4. The summed E-state index contributed by atoms with van der Waals surface area (Å²) in [7, 11) is 0. The fraction of sp³-hybridized carbons (Fsp3) is 0.812. The molecule has 0 saturated carbocycles. The third-order valence-corrected chi connectivity index (χ3v) is 4.71. The Morgan fingerprint density at radius 1 is 1.33 bits per heavy atom. The maximum atomic E-state index is 12.7. The number of rotatable bonds is 6. The quantitative estimate of drug-likeness (QED) is 0.804. The first-order valence-corrected chi connectivity index (χ1v) is 8.56. The van der Waals surface area contributed by atoms with E-state index in [4.69, 9.17) is 9.47 Å². The van der Waals surface area contributed by atoms with Crippen molar-refractivity contribution >= 4 is 0 Å². The van der Waals surface area contributed by atoms with Crippen LogP contribution in [0.1, 0.15) is 43.0 Å². The Morgan fingerprint density at radius 3 is 2.92 bits per heavy atom. The predicted octanol–water partition coefficient (Wildman–Crippen LogP) is 2.80. The van der Waals surface area contributed by atoms with E-state index in [2.05, 4.69) is 15.1 Å². The van der Waals surface area contributed by atoms with Gasteiger partial charge in [0.1, 0.15) is 0 Å². The van der Waals surface area contributed by atoms with Gasteiger partial charge in [-0.2, -0.15) is 18.3 Å². The molecule has 24 heavy (non-hydrogen) atoms. The Balaban J connectivity index is 1.43. The largest absolute Gasteiger partial charge is 0.435 e. The minimum atomic E-state index is -4.39. The van der Waals surface area contributed by atoms with E-state index in [1.54, 1.807) is 0 Å². The van der Waals surface area contributed by atoms with E-state index < -0.39 is 11.9 Å². The molecule has 0 spiro atoms. The number of hydrogen-bond donors (Lipinski definition) is 1. The van der Waals surface area contributed by atoms with Crippen LogP contribution in [0.2, 0.25) is 0 Å². The van der Waals surface area contributed by atoms with Crippen LogP contribution in [-0.4, -0.2) is 60.7 Å². The van der Waals surface area contributed by atoms with Crippen LogP contribution < -0.4 is 0 Å². The minimum Gasteiger partial charge on any atom is -0.377 e. The molecule has 0 unspecified atom stereocenters. The molecule has 2 atom stereocenters. The summed E-state index contributed by atoms with van der Waals surface area (Å²) in [4.78, 5) is 2.25. The van der Waals surface area contributed by atoms with Crippen molar-refractivity contribution in [2.24, 2.45) is 0 Å². The molecule has 0 aliphatic carbocycles. The number of nitrogens with zero attached hydrogens (tertiary/aromatic N) is 2. The maximum Gasteiger partial charge on any atom is 0.435 e. The highest BCUT2D eigenvalue weighted by Gasteiger charge is 2.35. The van der Waals surface area contributed by atoms with Gasteiger partial charge in [-0.1, -0.05) is 0 Å². The molecule has 2 aliphatic heterocycles. The zero-order chi connectivity index (χ0) is 17.0. The van der Waals surface area contributed by atoms with Crippen molar-refractivity contribution in [1.82, 2.24) is 15.1 Å². The molecule has 1 aromatic rings. The van der Waals surface area contributed by atoms with Gasteiger partial charge in [0.05, 0.1) is 19.3 Å². The van der Waals surface area contributed by atoms with Crippen molar-refractivity contribution in [1.29, 1.82) is 0 Å². The molecule has 2 saturated heterocycles. The normalized spacial score (nSPS) is 26.1. The van der Waals surface area contributed by atoms with Gasteiger partial charge in [-0.3, -0.25) is 5.10 Å². The molecule has 3 rings (SSSR count). The number of ether oxygens (including phenoxy) is 2. The van der Waals surface area contributed by atoms with Crippen molar-refractivity contribution in [2.75, 3.05) is 39.5 Å². The highest BCUT2D eigenvalue weighted by molar-refractivity contribution is 5.16. The smallest absolute Gasteiger partial charge is 0.377 e. The van der Waals surface area contributed by atoms with Crippen LogP contribution in [0.4, 0.5) is 13.2 Å². The first-order valence-electron chi connectivity index (χ1n) is 8.56. The van der Waals surface area contributed by atoms with Crippen molar-refractivity contribution in [3.8, 4) is 0 Å². The molecular formula is C16H24F3N3O2. The molecule has 2 fully saturated rings. The highest BCUT2D eigenvalue weighted by Crippen LogP contribution is 2.31. The van der Waals surface area contributed by atoms with E-state index in [1.807, 2.05) is 0 Å². The summed E-state index contributed by atoms with van der Waals surface area (Å²) in [5.41, 5.74) is -0.262.